The molecule has 0 radical (unpaired) electrons. The lowest BCUT2D eigenvalue weighted by molar-refractivity contribution is -0.117. The average molecular weight is 409 g/mol. The zero-order valence-electron chi connectivity index (χ0n) is 17.1. The SMILES string of the molecule is CCOc1ccc(S(=O)(=O)N(CC)CC)cc1NC(=O)C[C@@H]1C[C@@H]2CC[C@@H]1C2. The van der Waals surface area contributed by atoms with Gasteiger partial charge in [0.05, 0.1) is 17.2 Å². The first-order chi connectivity index (χ1) is 13.4. The summed E-state index contributed by atoms with van der Waals surface area (Å²) in [5, 5.41) is 2.92. The molecule has 156 valence electrons. The molecule has 7 heteroatoms. The van der Waals surface area contributed by atoms with E-state index in [1.807, 2.05) is 20.8 Å². The van der Waals surface area contributed by atoms with E-state index in [0.717, 1.165) is 12.3 Å². The summed E-state index contributed by atoms with van der Waals surface area (Å²) in [5.41, 5.74) is 0.434. The van der Waals surface area contributed by atoms with E-state index in [2.05, 4.69) is 5.32 Å². The number of hydrogen-bond acceptors (Lipinski definition) is 4. The van der Waals surface area contributed by atoms with Crippen LogP contribution in [0.15, 0.2) is 23.1 Å². The van der Waals surface area contributed by atoms with Crippen LogP contribution in [0.2, 0.25) is 0 Å². The minimum atomic E-state index is -3.59. The third-order valence-electron chi connectivity index (χ3n) is 6.20. The lowest BCUT2D eigenvalue weighted by atomic mass is 9.86. The molecule has 2 aliphatic rings. The Bertz CT molecular complexity index is 805. The molecule has 1 aromatic rings. The predicted octanol–water partition coefficient (Wildman–Crippen LogP) is 3.88. The second-order valence-electron chi connectivity index (χ2n) is 7.87. The molecular formula is C21H32N2O4S. The molecule has 2 aliphatic carbocycles. The summed E-state index contributed by atoms with van der Waals surface area (Å²) >= 11 is 0. The number of fused-ring (bicyclic) bond motifs is 2. The number of nitrogens with zero attached hydrogens (tertiary/aromatic N) is 1. The molecule has 6 nitrogen and oxygen atoms in total. The first kappa shape index (κ1) is 21.1. The third kappa shape index (κ3) is 4.35. The number of hydrogen-bond donors (Lipinski definition) is 1. The van der Waals surface area contributed by atoms with Crippen molar-refractivity contribution in [3.8, 4) is 5.75 Å². The van der Waals surface area contributed by atoms with E-state index in [0.29, 0.717) is 49.4 Å². The van der Waals surface area contributed by atoms with Gasteiger partial charge in [-0.25, -0.2) is 8.42 Å². The van der Waals surface area contributed by atoms with E-state index in [9.17, 15) is 13.2 Å². The Labute approximate surface area is 168 Å². The van der Waals surface area contributed by atoms with Gasteiger partial charge in [0.15, 0.2) is 0 Å². The van der Waals surface area contributed by atoms with Crippen molar-refractivity contribution < 1.29 is 17.9 Å². The van der Waals surface area contributed by atoms with Gasteiger partial charge >= 0.3 is 0 Å². The molecule has 0 spiro atoms. The van der Waals surface area contributed by atoms with E-state index in [1.54, 1.807) is 12.1 Å². The van der Waals surface area contributed by atoms with Crippen LogP contribution in [-0.2, 0) is 14.8 Å². The summed E-state index contributed by atoms with van der Waals surface area (Å²) < 4.78 is 32.7. The molecule has 1 aromatic carbocycles. The summed E-state index contributed by atoms with van der Waals surface area (Å²) in [7, 11) is -3.59. The summed E-state index contributed by atoms with van der Waals surface area (Å²) in [6.45, 7) is 6.73. The summed E-state index contributed by atoms with van der Waals surface area (Å²) in [4.78, 5) is 12.9. The van der Waals surface area contributed by atoms with Gasteiger partial charge < -0.3 is 10.1 Å². The number of ether oxygens (including phenoxy) is 1. The van der Waals surface area contributed by atoms with Crippen LogP contribution in [0.25, 0.3) is 0 Å². The van der Waals surface area contributed by atoms with Crippen LogP contribution in [0.3, 0.4) is 0 Å². The lowest BCUT2D eigenvalue weighted by Crippen LogP contribution is -2.30. The minimum absolute atomic E-state index is 0.0594. The largest absolute Gasteiger partial charge is 0.492 e. The fourth-order valence-corrected chi connectivity index (χ4v) is 6.31. The fourth-order valence-electron chi connectivity index (χ4n) is 4.83. The van der Waals surface area contributed by atoms with Gasteiger partial charge in [-0.3, -0.25) is 4.79 Å². The monoisotopic (exact) mass is 408 g/mol. The Morgan fingerprint density at radius 3 is 2.50 bits per heavy atom. The van der Waals surface area contributed by atoms with Crippen LogP contribution in [-0.4, -0.2) is 38.3 Å². The maximum Gasteiger partial charge on any atom is 0.243 e. The first-order valence-corrected chi connectivity index (χ1v) is 11.9. The van der Waals surface area contributed by atoms with Gasteiger partial charge in [0, 0.05) is 19.5 Å². The van der Waals surface area contributed by atoms with Crippen LogP contribution in [0, 0.1) is 17.8 Å². The van der Waals surface area contributed by atoms with Crippen LogP contribution in [0.5, 0.6) is 5.75 Å². The van der Waals surface area contributed by atoms with Crippen molar-refractivity contribution in [3.63, 3.8) is 0 Å². The number of nitrogens with one attached hydrogen (secondary N) is 1. The Morgan fingerprint density at radius 1 is 1.18 bits per heavy atom. The van der Waals surface area contributed by atoms with Gasteiger partial charge in [0.1, 0.15) is 5.75 Å². The first-order valence-electron chi connectivity index (χ1n) is 10.5. The highest BCUT2D eigenvalue weighted by atomic mass is 32.2. The molecule has 1 amide bonds. The van der Waals surface area contributed by atoms with Crippen LogP contribution < -0.4 is 10.1 Å². The molecule has 1 N–H and O–H groups in total. The highest BCUT2D eigenvalue weighted by Gasteiger charge is 2.40. The van der Waals surface area contributed by atoms with Crippen molar-refractivity contribution in [3.05, 3.63) is 18.2 Å². The van der Waals surface area contributed by atoms with Gasteiger partial charge in [0.25, 0.3) is 0 Å². The number of carbonyl (C=O) groups excluding carboxylic acids is 1. The Balaban J connectivity index is 1.78. The van der Waals surface area contributed by atoms with Gasteiger partial charge in [0.2, 0.25) is 15.9 Å². The normalized spacial score (nSPS) is 23.9. The molecule has 0 aliphatic heterocycles. The van der Waals surface area contributed by atoms with E-state index in [-0.39, 0.29) is 10.8 Å². The number of anilines is 1. The van der Waals surface area contributed by atoms with Crippen molar-refractivity contribution in [2.75, 3.05) is 25.0 Å². The van der Waals surface area contributed by atoms with Crippen LogP contribution in [0.4, 0.5) is 5.69 Å². The fraction of sp³-hybridized carbons (Fsp3) is 0.667. The van der Waals surface area contributed by atoms with Crippen molar-refractivity contribution in [1.82, 2.24) is 4.31 Å². The van der Waals surface area contributed by atoms with Crippen LogP contribution in [0.1, 0.15) is 52.9 Å². The second-order valence-corrected chi connectivity index (χ2v) is 9.81. The molecule has 0 aromatic heterocycles. The number of amides is 1. The number of rotatable bonds is 9. The standard InChI is InChI=1S/C21H32N2O4S/c1-4-23(5-2)28(25,26)18-9-10-20(27-6-3)19(14-18)22-21(24)13-17-12-15-7-8-16(17)11-15/h9-10,14-17H,4-8,11-13H2,1-3H3,(H,22,24)/t15-,16-,17+/m1/s1. The molecule has 2 saturated carbocycles. The van der Waals surface area contributed by atoms with Gasteiger partial charge in [-0.15, -0.1) is 0 Å². The smallest absolute Gasteiger partial charge is 0.243 e. The maximum atomic E-state index is 12.8. The molecule has 2 fully saturated rings. The van der Waals surface area contributed by atoms with Crippen molar-refractivity contribution >= 4 is 21.6 Å². The zero-order chi connectivity index (χ0) is 20.3. The predicted molar refractivity (Wildman–Crippen MR) is 110 cm³/mol. The second kappa shape index (κ2) is 8.82. The van der Waals surface area contributed by atoms with E-state index in [4.69, 9.17) is 4.74 Å². The average Bonchev–Trinajstić information content (AvgIpc) is 3.27. The minimum Gasteiger partial charge on any atom is -0.492 e. The highest BCUT2D eigenvalue weighted by molar-refractivity contribution is 7.89. The van der Waals surface area contributed by atoms with E-state index in [1.165, 1.54) is 29.6 Å². The molecule has 3 atom stereocenters. The molecular weight excluding hydrogens is 376 g/mol. The Hall–Kier alpha value is -1.60. The highest BCUT2D eigenvalue weighted by Crippen LogP contribution is 2.49. The molecule has 3 rings (SSSR count). The molecule has 28 heavy (non-hydrogen) atoms. The van der Waals surface area contributed by atoms with Gasteiger partial charge in [-0.2, -0.15) is 4.31 Å². The number of sulfonamides is 1. The lowest BCUT2D eigenvalue weighted by Gasteiger charge is -2.22. The molecule has 2 bridgehead atoms. The summed E-state index contributed by atoms with van der Waals surface area (Å²) in [6, 6.07) is 4.70. The summed E-state index contributed by atoms with van der Waals surface area (Å²) in [5.74, 6) is 2.37. The van der Waals surface area contributed by atoms with Gasteiger partial charge in [-0.1, -0.05) is 20.3 Å². The van der Waals surface area contributed by atoms with Crippen molar-refractivity contribution in [2.45, 2.75) is 57.8 Å². The van der Waals surface area contributed by atoms with E-state index >= 15 is 0 Å². The molecule has 0 heterocycles. The number of benzene rings is 1. The zero-order valence-corrected chi connectivity index (χ0v) is 17.9. The third-order valence-corrected chi connectivity index (χ3v) is 8.25. The molecule has 0 saturated heterocycles. The molecule has 0 unspecified atom stereocenters. The van der Waals surface area contributed by atoms with E-state index < -0.39 is 10.0 Å². The van der Waals surface area contributed by atoms with Crippen molar-refractivity contribution in [1.29, 1.82) is 0 Å². The Morgan fingerprint density at radius 2 is 1.93 bits per heavy atom. The maximum absolute atomic E-state index is 12.8. The van der Waals surface area contributed by atoms with Crippen molar-refractivity contribution in [2.24, 2.45) is 17.8 Å². The topological polar surface area (TPSA) is 75.7 Å². The number of carbonyl (C=O) groups is 1. The summed E-state index contributed by atoms with van der Waals surface area (Å²) in [6.07, 6.45) is 5.46. The quantitative estimate of drug-likeness (QED) is 0.673. The Kier molecular flexibility index (Phi) is 6.65. The van der Waals surface area contributed by atoms with Gasteiger partial charge in [-0.05, 0) is 62.1 Å². The van der Waals surface area contributed by atoms with Crippen LogP contribution >= 0.6 is 0 Å².